The summed E-state index contributed by atoms with van der Waals surface area (Å²) >= 11 is 6.60. The van der Waals surface area contributed by atoms with Crippen molar-refractivity contribution in [3.8, 4) is 40.0 Å². The van der Waals surface area contributed by atoms with Gasteiger partial charge in [-0.15, -0.1) is 12.1 Å². The Bertz CT molecular complexity index is 2370. The van der Waals surface area contributed by atoms with E-state index in [2.05, 4.69) is 47.9 Å². The van der Waals surface area contributed by atoms with Crippen LogP contribution in [0.15, 0.2) is 179 Å². The molecule has 4 N–H and O–H groups in total. The van der Waals surface area contributed by atoms with Crippen molar-refractivity contribution in [3.05, 3.63) is 185 Å². The molecule has 7 rings (SSSR count). The Morgan fingerprint density at radius 1 is 0.431 bits per heavy atom. The van der Waals surface area contributed by atoms with Crippen molar-refractivity contribution < 1.29 is 60.8 Å². The molecular weight excluding hydrogens is 1120 g/mol. The summed E-state index contributed by atoms with van der Waals surface area (Å²) in [6.07, 6.45) is 4.22. The number of benzene rings is 5. The average molecular weight is 1190 g/mol. The quantitative estimate of drug-likeness (QED) is 0.0508. The summed E-state index contributed by atoms with van der Waals surface area (Å²) in [4.78, 5) is 8.23. The van der Waals surface area contributed by atoms with Gasteiger partial charge in [0.1, 0.15) is 27.6 Å². The van der Waals surface area contributed by atoms with E-state index in [1.807, 2.05) is 178 Å². The van der Waals surface area contributed by atoms with Gasteiger partial charge in [-0.3, -0.25) is 4.98 Å². The zero-order chi connectivity index (χ0) is 51.8. The fraction of sp³-hybridized carbons (Fsp3) is 0.273. The van der Waals surface area contributed by atoms with Crippen LogP contribution in [0, 0.1) is 6.07 Å². The summed E-state index contributed by atoms with van der Waals surface area (Å²) in [5.74, 6) is 3.65. The zero-order valence-corrected chi connectivity index (χ0v) is 48.9. The molecule has 0 saturated carbocycles. The molecule has 0 amide bonds. The van der Waals surface area contributed by atoms with Gasteiger partial charge in [-0.2, -0.15) is 18.2 Å². The Morgan fingerprint density at radius 3 is 1.21 bits per heavy atom. The van der Waals surface area contributed by atoms with Crippen LogP contribution in [0.3, 0.4) is 0 Å². The van der Waals surface area contributed by atoms with Crippen LogP contribution >= 0.6 is 31.9 Å². The van der Waals surface area contributed by atoms with E-state index in [0.29, 0.717) is 22.4 Å². The average Bonchev–Trinajstić information content (AvgIpc) is 3.31. The minimum Gasteiger partial charge on any atom is -1.00 e. The van der Waals surface area contributed by atoms with E-state index in [1.54, 1.807) is 60.9 Å². The fourth-order valence-corrected chi connectivity index (χ4v) is 6.16. The van der Waals surface area contributed by atoms with Gasteiger partial charge in [0.05, 0.1) is 40.7 Å². The zero-order valence-electron chi connectivity index (χ0n) is 42.8. The first-order valence-corrected chi connectivity index (χ1v) is 24.5. The molecule has 17 heteroatoms. The number of nitrogens with zero attached hydrogens (tertiary/aromatic N) is 2. The molecule has 0 aliphatic carbocycles. The molecule has 2 heterocycles. The Labute approximate surface area is 472 Å². The summed E-state index contributed by atoms with van der Waals surface area (Å²) in [6, 6.07) is 51.7. The molecule has 0 saturated heterocycles. The largest absolute Gasteiger partial charge is 2.00 e. The van der Waals surface area contributed by atoms with Crippen LogP contribution in [0.2, 0.25) is 0 Å². The molecule has 380 valence electrons. The number of aromatic nitrogens is 2. The number of hydrogen-bond donors (Lipinski definition) is 4. The maximum atomic E-state index is 8.99. The van der Waals surface area contributed by atoms with Gasteiger partial charge in [-0.1, -0.05) is 72.8 Å². The molecule has 0 radical (unpaired) electrons. The van der Waals surface area contributed by atoms with E-state index in [9.17, 15) is 0 Å². The van der Waals surface area contributed by atoms with Gasteiger partial charge in [0.15, 0.2) is 0 Å². The van der Waals surface area contributed by atoms with Gasteiger partial charge in [0.2, 0.25) is 0 Å². The third kappa shape index (κ3) is 29.9. The molecule has 2 aromatic heterocycles. The predicted molar refractivity (Wildman–Crippen MR) is 298 cm³/mol. The second-order valence-electron chi connectivity index (χ2n) is 16.2. The third-order valence-electron chi connectivity index (χ3n) is 8.18. The first-order valence-electron chi connectivity index (χ1n) is 22.9. The first kappa shape index (κ1) is 67.6. The summed E-state index contributed by atoms with van der Waals surface area (Å²) in [5, 5.41) is 36.0. The topological polar surface area (TPSA) is 153 Å². The molecule has 0 atom stereocenters. The van der Waals surface area contributed by atoms with Crippen LogP contribution < -0.4 is 51.6 Å². The number of halogens is 3. The van der Waals surface area contributed by atoms with E-state index in [4.69, 9.17) is 43.8 Å². The molecular formula is C55H67B2Br3MgN2O9. The Balaban J connectivity index is 0.000000847. The van der Waals surface area contributed by atoms with E-state index >= 15 is 0 Å². The van der Waals surface area contributed by atoms with Crippen molar-refractivity contribution in [3.63, 3.8) is 0 Å². The summed E-state index contributed by atoms with van der Waals surface area (Å²) in [5.41, 5.74) is 2.78. The smallest absolute Gasteiger partial charge is 1.00 e. The van der Waals surface area contributed by atoms with Crippen LogP contribution in [-0.4, -0.2) is 97.9 Å². The van der Waals surface area contributed by atoms with E-state index in [-0.39, 0.29) is 70.6 Å². The van der Waals surface area contributed by atoms with Gasteiger partial charge in [0, 0.05) is 34.6 Å². The number of para-hydroxylation sites is 5. The van der Waals surface area contributed by atoms with Crippen molar-refractivity contribution in [2.75, 3.05) is 0 Å². The molecule has 0 bridgehead atoms. The van der Waals surface area contributed by atoms with Crippen LogP contribution in [0.5, 0.6) is 28.7 Å². The fourth-order valence-electron chi connectivity index (χ4n) is 5.51. The number of pyridine rings is 2. The molecule has 0 unspecified atom stereocenters. The Hall–Kier alpha value is -4.42. The standard InChI is InChI=1S/C14H15NO.2C9H13BO3.C9H11BrO.C9H11O.C5H4BrN.BrH.Mg/c1-11(2)16-14-9-4-3-7-12(14)13-8-5-6-10-15-13;2*1-7(2)13-9-6-4-3-5-8(9)10(11)12;1-7(2)11-9-6-4-3-5-8(9)10;1-8(2)10-9-6-4-3-5-7-9;6-5-3-1-2-4-7-5;;/h3-11H,1-2H3;2*3-7,11-12H,1-2H3;3-7H,1-2H3;3-6,8H,1-2H3;1-4H;1H;/q;;;;-1;;;+2/p-1. The van der Waals surface area contributed by atoms with Gasteiger partial charge in [-0.25, -0.2) is 4.98 Å². The van der Waals surface area contributed by atoms with Crippen molar-refractivity contribution in [1.29, 1.82) is 0 Å². The number of rotatable bonds is 13. The van der Waals surface area contributed by atoms with Crippen LogP contribution in [0.4, 0.5) is 0 Å². The molecule has 0 fully saturated rings. The van der Waals surface area contributed by atoms with Crippen LogP contribution in [0.1, 0.15) is 69.2 Å². The normalized spacial score (nSPS) is 9.79. The maximum absolute atomic E-state index is 8.99. The number of hydrogen-bond acceptors (Lipinski definition) is 11. The van der Waals surface area contributed by atoms with E-state index in [1.165, 1.54) is 0 Å². The van der Waals surface area contributed by atoms with Crippen LogP contribution in [0.25, 0.3) is 11.3 Å². The van der Waals surface area contributed by atoms with Gasteiger partial charge in [0.25, 0.3) is 0 Å². The predicted octanol–water partition coefficient (Wildman–Crippen LogP) is 7.82. The first-order chi connectivity index (χ1) is 33.4. The second-order valence-corrected chi connectivity index (χ2v) is 17.8. The molecule has 7 aromatic rings. The molecule has 72 heavy (non-hydrogen) atoms. The molecule has 0 aliphatic rings. The molecule has 0 spiro atoms. The third-order valence-corrected chi connectivity index (χ3v) is 9.31. The van der Waals surface area contributed by atoms with Gasteiger partial charge >= 0.3 is 37.3 Å². The molecule has 11 nitrogen and oxygen atoms in total. The van der Waals surface area contributed by atoms with Gasteiger partial charge in [-0.05, 0) is 162 Å². The molecule has 0 aliphatic heterocycles. The summed E-state index contributed by atoms with van der Waals surface area (Å²) in [7, 11) is -2.95. The van der Waals surface area contributed by atoms with Crippen molar-refractivity contribution in [1.82, 2.24) is 9.97 Å². The van der Waals surface area contributed by atoms with Crippen molar-refractivity contribution in [2.45, 2.75) is 99.8 Å². The monoisotopic (exact) mass is 1180 g/mol. The second kappa shape index (κ2) is 39.1. The summed E-state index contributed by atoms with van der Waals surface area (Å²) in [6.45, 7) is 19.6. The Kier molecular flexibility index (Phi) is 36.7. The SMILES string of the molecule is Brc1ccccn1.CC(C)Oc1[c-]cccc1.CC(C)Oc1ccccc1-c1ccccn1.CC(C)Oc1ccccc1B(O)O.CC(C)Oc1ccccc1B(O)O.CC(C)Oc1ccccc1Br.[Br-].[Mg+2]. The summed E-state index contributed by atoms with van der Waals surface area (Å²) < 4.78 is 29.3. The van der Waals surface area contributed by atoms with Crippen molar-refractivity contribution >= 4 is 80.1 Å². The van der Waals surface area contributed by atoms with Gasteiger partial charge < -0.3 is 60.8 Å². The number of ether oxygens (including phenoxy) is 5. The maximum Gasteiger partial charge on any atom is 2.00 e. The van der Waals surface area contributed by atoms with E-state index in [0.717, 1.165) is 37.6 Å². The van der Waals surface area contributed by atoms with E-state index < -0.39 is 14.2 Å². The van der Waals surface area contributed by atoms with Crippen molar-refractivity contribution in [2.24, 2.45) is 0 Å². The Morgan fingerprint density at radius 2 is 0.819 bits per heavy atom. The molecule has 5 aromatic carbocycles. The van der Waals surface area contributed by atoms with Crippen LogP contribution in [-0.2, 0) is 0 Å². The minimum absolute atomic E-state index is 0. The minimum atomic E-state index is -1.48.